The average molecular weight is 277 g/mol. The summed E-state index contributed by atoms with van der Waals surface area (Å²) in [5, 5.41) is 9.08. The molecule has 0 radical (unpaired) electrons. The van der Waals surface area contributed by atoms with E-state index in [1.807, 2.05) is 17.1 Å². The summed E-state index contributed by atoms with van der Waals surface area (Å²) < 4.78 is 19.2. The molecule has 0 saturated carbocycles. The molecule has 0 amide bonds. The number of aliphatic carboxylic acids is 1. The number of carbonyl (C=O) groups is 1. The average Bonchev–Trinajstić information content (AvgIpc) is 2.82. The molecule has 106 valence electrons. The van der Waals surface area contributed by atoms with Gasteiger partial charge in [-0.1, -0.05) is 6.08 Å². The van der Waals surface area contributed by atoms with E-state index >= 15 is 0 Å². The van der Waals surface area contributed by atoms with E-state index in [4.69, 9.17) is 9.84 Å². The van der Waals surface area contributed by atoms with Crippen LogP contribution in [0.15, 0.2) is 24.3 Å². The summed E-state index contributed by atoms with van der Waals surface area (Å²) in [6.45, 7) is 2.89. The maximum atomic E-state index is 13.2. The van der Waals surface area contributed by atoms with Crippen molar-refractivity contribution in [2.45, 2.75) is 25.0 Å². The van der Waals surface area contributed by atoms with E-state index < -0.39 is 17.6 Å². The van der Waals surface area contributed by atoms with Crippen molar-refractivity contribution in [2.24, 2.45) is 0 Å². The van der Waals surface area contributed by atoms with Gasteiger partial charge in [0, 0.05) is 25.1 Å². The van der Waals surface area contributed by atoms with Crippen molar-refractivity contribution in [1.29, 1.82) is 0 Å². The molecule has 1 spiro atoms. The molecule has 1 aromatic carbocycles. The second-order valence-corrected chi connectivity index (χ2v) is 5.42. The SMILES string of the molecule is CC(C(=O)O)N1CCC2(C=Cc3cc(F)ccc3O2)C1. The normalized spacial score (nSPS) is 26.3. The number of fused-ring (bicyclic) bond motifs is 1. The van der Waals surface area contributed by atoms with Crippen molar-refractivity contribution < 1.29 is 19.0 Å². The lowest BCUT2D eigenvalue weighted by Crippen LogP contribution is -2.43. The first-order valence-electron chi connectivity index (χ1n) is 6.64. The lowest BCUT2D eigenvalue weighted by atomic mass is 9.97. The molecule has 2 unspecified atom stereocenters. The van der Waals surface area contributed by atoms with E-state index in [1.54, 1.807) is 13.0 Å². The fourth-order valence-corrected chi connectivity index (χ4v) is 2.78. The number of nitrogens with zero attached hydrogens (tertiary/aromatic N) is 1. The molecule has 0 aliphatic carbocycles. The van der Waals surface area contributed by atoms with Gasteiger partial charge in [-0.05, 0) is 31.2 Å². The summed E-state index contributed by atoms with van der Waals surface area (Å²) in [5.41, 5.74) is 0.231. The van der Waals surface area contributed by atoms with Crippen LogP contribution in [0.2, 0.25) is 0 Å². The Labute approximate surface area is 116 Å². The predicted molar refractivity (Wildman–Crippen MR) is 72.1 cm³/mol. The molecular weight excluding hydrogens is 261 g/mol. The van der Waals surface area contributed by atoms with E-state index in [0.29, 0.717) is 18.8 Å². The minimum absolute atomic E-state index is 0.291. The van der Waals surface area contributed by atoms with Gasteiger partial charge in [-0.25, -0.2) is 4.39 Å². The molecule has 1 N–H and O–H groups in total. The highest BCUT2D eigenvalue weighted by atomic mass is 19.1. The van der Waals surface area contributed by atoms with Crippen molar-refractivity contribution in [1.82, 2.24) is 4.90 Å². The number of rotatable bonds is 2. The van der Waals surface area contributed by atoms with Gasteiger partial charge in [0.25, 0.3) is 0 Å². The lowest BCUT2D eigenvalue weighted by Gasteiger charge is -2.32. The molecule has 2 heterocycles. The van der Waals surface area contributed by atoms with E-state index in [9.17, 15) is 9.18 Å². The quantitative estimate of drug-likeness (QED) is 0.900. The van der Waals surface area contributed by atoms with Gasteiger partial charge in [0.05, 0.1) is 0 Å². The minimum Gasteiger partial charge on any atom is -0.481 e. The third-order valence-corrected chi connectivity index (χ3v) is 4.05. The fraction of sp³-hybridized carbons (Fsp3) is 0.400. The van der Waals surface area contributed by atoms with Gasteiger partial charge < -0.3 is 9.84 Å². The molecular formula is C15H16FNO3. The molecule has 1 saturated heterocycles. The molecule has 0 aromatic heterocycles. The van der Waals surface area contributed by atoms with Gasteiger partial charge in [0.2, 0.25) is 0 Å². The van der Waals surface area contributed by atoms with Crippen molar-refractivity contribution in [2.75, 3.05) is 13.1 Å². The molecule has 4 nitrogen and oxygen atoms in total. The van der Waals surface area contributed by atoms with E-state index in [2.05, 4.69) is 0 Å². The highest BCUT2D eigenvalue weighted by Crippen LogP contribution is 2.37. The fourth-order valence-electron chi connectivity index (χ4n) is 2.78. The monoisotopic (exact) mass is 277 g/mol. The highest BCUT2D eigenvalue weighted by molar-refractivity contribution is 5.73. The maximum Gasteiger partial charge on any atom is 0.320 e. The van der Waals surface area contributed by atoms with Crippen LogP contribution in [0.5, 0.6) is 5.75 Å². The van der Waals surface area contributed by atoms with Gasteiger partial charge in [0.1, 0.15) is 23.2 Å². The third-order valence-electron chi connectivity index (χ3n) is 4.05. The molecule has 0 bridgehead atoms. The number of carboxylic acids is 1. The first-order valence-corrected chi connectivity index (χ1v) is 6.64. The summed E-state index contributed by atoms with van der Waals surface area (Å²) in [5.74, 6) is -0.469. The first kappa shape index (κ1) is 13.1. The van der Waals surface area contributed by atoms with Crippen LogP contribution in [-0.2, 0) is 4.79 Å². The van der Waals surface area contributed by atoms with Crippen molar-refractivity contribution in [3.8, 4) is 5.75 Å². The number of benzene rings is 1. The van der Waals surface area contributed by atoms with Crippen LogP contribution in [0.1, 0.15) is 18.9 Å². The van der Waals surface area contributed by atoms with Crippen LogP contribution in [0.3, 0.4) is 0 Å². The van der Waals surface area contributed by atoms with Crippen LogP contribution in [0.25, 0.3) is 6.08 Å². The molecule has 3 rings (SSSR count). The van der Waals surface area contributed by atoms with Gasteiger partial charge in [-0.15, -0.1) is 0 Å². The molecule has 2 atom stereocenters. The Morgan fingerprint density at radius 3 is 3.10 bits per heavy atom. The Kier molecular flexibility index (Phi) is 3.01. The van der Waals surface area contributed by atoms with Gasteiger partial charge in [-0.3, -0.25) is 9.69 Å². The first-order chi connectivity index (χ1) is 9.49. The second kappa shape index (κ2) is 4.59. The van der Waals surface area contributed by atoms with Crippen LogP contribution < -0.4 is 4.74 Å². The minimum atomic E-state index is -0.829. The van der Waals surface area contributed by atoms with Crippen LogP contribution >= 0.6 is 0 Å². The predicted octanol–water partition coefficient (Wildman–Crippen LogP) is 2.15. The summed E-state index contributed by atoms with van der Waals surface area (Å²) in [6, 6.07) is 3.91. The van der Waals surface area contributed by atoms with Crippen LogP contribution in [0, 0.1) is 5.82 Å². The zero-order valence-electron chi connectivity index (χ0n) is 11.2. The second-order valence-electron chi connectivity index (χ2n) is 5.42. The van der Waals surface area contributed by atoms with E-state index in [0.717, 1.165) is 12.0 Å². The van der Waals surface area contributed by atoms with E-state index in [-0.39, 0.29) is 5.82 Å². The molecule has 2 aliphatic heterocycles. The number of carboxylic acid groups (broad SMARTS) is 1. The van der Waals surface area contributed by atoms with E-state index in [1.165, 1.54) is 12.1 Å². The van der Waals surface area contributed by atoms with Crippen molar-refractivity contribution in [3.63, 3.8) is 0 Å². The lowest BCUT2D eigenvalue weighted by molar-refractivity contribution is -0.142. The Morgan fingerprint density at radius 1 is 1.55 bits per heavy atom. The zero-order valence-corrected chi connectivity index (χ0v) is 11.2. The number of ether oxygens (including phenoxy) is 1. The van der Waals surface area contributed by atoms with Crippen LogP contribution in [-0.4, -0.2) is 40.7 Å². The summed E-state index contributed by atoms with van der Waals surface area (Å²) in [4.78, 5) is 12.9. The Balaban J connectivity index is 1.81. The van der Waals surface area contributed by atoms with Gasteiger partial charge >= 0.3 is 5.97 Å². The van der Waals surface area contributed by atoms with Gasteiger partial charge in [0.15, 0.2) is 0 Å². The standard InChI is InChI=1S/C15H16FNO3/c1-10(14(18)19)17-7-6-15(9-17)5-4-11-8-12(16)2-3-13(11)20-15/h2-5,8,10H,6-7,9H2,1H3,(H,18,19). The molecule has 2 aliphatic rings. The smallest absolute Gasteiger partial charge is 0.320 e. The summed E-state index contributed by atoms with van der Waals surface area (Å²) in [6.07, 6.45) is 4.51. The summed E-state index contributed by atoms with van der Waals surface area (Å²) >= 11 is 0. The Morgan fingerprint density at radius 2 is 2.35 bits per heavy atom. The number of likely N-dealkylation sites (tertiary alicyclic amines) is 1. The molecule has 20 heavy (non-hydrogen) atoms. The zero-order chi connectivity index (χ0) is 14.3. The maximum absolute atomic E-state index is 13.2. The number of halogens is 1. The number of hydrogen-bond donors (Lipinski definition) is 1. The third kappa shape index (κ3) is 2.18. The Hall–Kier alpha value is -1.88. The Bertz CT molecular complexity index is 586. The highest BCUT2D eigenvalue weighted by Gasteiger charge is 2.42. The molecule has 1 fully saturated rings. The summed E-state index contributed by atoms with van der Waals surface area (Å²) in [7, 11) is 0. The molecule has 1 aromatic rings. The van der Waals surface area contributed by atoms with Crippen molar-refractivity contribution in [3.05, 3.63) is 35.7 Å². The molecule has 5 heteroatoms. The number of hydrogen-bond acceptors (Lipinski definition) is 3. The van der Waals surface area contributed by atoms with Crippen LogP contribution in [0.4, 0.5) is 4.39 Å². The van der Waals surface area contributed by atoms with Crippen molar-refractivity contribution >= 4 is 12.0 Å². The van der Waals surface area contributed by atoms with Gasteiger partial charge in [-0.2, -0.15) is 0 Å². The topological polar surface area (TPSA) is 49.8 Å². The largest absolute Gasteiger partial charge is 0.481 e.